The van der Waals surface area contributed by atoms with Crippen LogP contribution in [0.4, 0.5) is 8.78 Å². The molecule has 0 aromatic heterocycles. The van der Waals surface area contributed by atoms with Gasteiger partial charge < -0.3 is 14.2 Å². The zero-order valence-corrected chi connectivity index (χ0v) is 15.8. The summed E-state index contributed by atoms with van der Waals surface area (Å²) in [4.78, 5) is 10.7. The Hall–Kier alpha value is -0.750. The Kier molecular flexibility index (Phi) is 11.2. The third-order valence-corrected chi connectivity index (χ3v) is 5.06. The third kappa shape index (κ3) is 7.99. The molecule has 1 heterocycles. The summed E-state index contributed by atoms with van der Waals surface area (Å²) in [5.74, 6) is 0.337. The number of unbranched alkanes of at least 4 members (excludes halogenated alkanes) is 1. The van der Waals surface area contributed by atoms with Crippen LogP contribution in [-0.2, 0) is 19.0 Å². The van der Waals surface area contributed by atoms with Crippen molar-refractivity contribution in [2.45, 2.75) is 78.4 Å². The first-order valence-corrected chi connectivity index (χ1v) is 9.78. The van der Waals surface area contributed by atoms with Gasteiger partial charge in [0.25, 0.3) is 0 Å². The van der Waals surface area contributed by atoms with E-state index in [9.17, 15) is 13.6 Å². The number of halogens is 2. The van der Waals surface area contributed by atoms with Crippen LogP contribution in [0.2, 0.25) is 0 Å². The summed E-state index contributed by atoms with van der Waals surface area (Å²) in [6.45, 7) is 7.08. The lowest BCUT2D eigenvalue weighted by molar-refractivity contribution is -0.231. The largest absolute Gasteiger partial charge is 0.456 e. The highest BCUT2D eigenvalue weighted by atomic mass is 19.3. The van der Waals surface area contributed by atoms with Crippen molar-refractivity contribution in [3.05, 3.63) is 0 Å². The number of rotatable bonds is 7. The van der Waals surface area contributed by atoms with E-state index in [-0.39, 0.29) is 6.61 Å². The standard InChI is InChI=1S/C17H28F2O4.C2H6/c1-2-3-4-12-5-7-13(8-6-12)14-9-21-15(22-10-14)11-23-17(20)16(18)19;1-2/h12-16H,2-11H2,1H3;1-2H3. The maximum absolute atomic E-state index is 12.0. The Labute approximate surface area is 150 Å². The quantitative estimate of drug-likeness (QED) is 0.608. The number of hydrogen-bond donors (Lipinski definition) is 0. The number of esters is 1. The van der Waals surface area contributed by atoms with Gasteiger partial charge in [-0.3, -0.25) is 0 Å². The molecule has 0 radical (unpaired) electrons. The Bertz CT molecular complexity index is 349. The van der Waals surface area contributed by atoms with Crippen molar-refractivity contribution >= 4 is 5.97 Å². The monoisotopic (exact) mass is 364 g/mol. The summed E-state index contributed by atoms with van der Waals surface area (Å²) in [5.41, 5.74) is 0. The van der Waals surface area contributed by atoms with Gasteiger partial charge >= 0.3 is 12.4 Å². The molecule has 0 amide bonds. The summed E-state index contributed by atoms with van der Waals surface area (Å²) >= 11 is 0. The van der Waals surface area contributed by atoms with E-state index in [4.69, 9.17) is 9.47 Å². The highest BCUT2D eigenvalue weighted by Crippen LogP contribution is 2.37. The highest BCUT2D eigenvalue weighted by Gasteiger charge is 2.32. The van der Waals surface area contributed by atoms with Gasteiger partial charge in [0.2, 0.25) is 0 Å². The fourth-order valence-electron chi connectivity index (χ4n) is 3.58. The second-order valence-electron chi connectivity index (χ2n) is 6.71. The fourth-order valence-corrected chi connectivity index (χ4v) is 3.58. The van der Waals surface area contributed by atoms with Gasteiger partial charge in [-0.25, -0.2) is 4.79 Å². The smallest absolute Gasteiger partial charge is 0.373 e. The molecular weight excluding hydrogens is 330 g/mol. The Morgan fingerprint density at radius 1 is 1.08 bits per heavy atom. The molecule has 0 bridgehead atoms. The summed E-state index contributed by atoms with van der Waals surface area (Å²) in [7, 11) is 0. The molecular formula is C19H34F2O4. The Morgan fingerprint density at radius 3 is 2.20 bits per heavy atom. The van der Waals surface area contributed by atoms with E-state index in [1.807, 2.05) is 13.8 Å². The van der Waals surface area contributed by atoms with Crippen molar-refractivity contribution in [2.75, 3.05) is 19.8 Å². The van der Waals surface area contributed by atoms with Crippen LogP contribution >= 0.6 is 0 Å². The fraction of sp³-hybridized carbons (Fsp3) is 0.947. The van der Waals surface area contributed by atoms with Crippen LogP contribution in [0.25, 0.3) is 0 Å². The molecule has 1 aliphatic heterocycles. The lowest BCUT2D eigenvalue weighted by Crippen LogP contribution is -2.39. The van der Waals surface area contributed by atoms with E-state index in [0.717, 1.165) is 5.92 Å². The first-order valence-electron chi connectivity index (χ1n) is 9.78. The number of alkyl halides is 2. The van der Waals surface area contributed by atoms with Crippen LogP contribution in [0.1, 0.15) is 65.7 Å². The first-order chi connectivity index (χ1) is 12.1. The minimum absolute atomic E-state index is 0.264. The van der Waals surface area contributed by atoms with E-state index in [0.29, 0.717) is 25.0 Å². The van der Waals surface area contributed by atoms with Crippen LogP contribution in [0, 0.1) is 17.8 Å². The molecule has 1 saturated heterocycles. The SMILES string of the molecule is CC.CCCCC1CCC(C2COC(COC(=O)C(F)F)OC2)CC1. The maximum atomic E-state index is 12.0. The maximum Gasteiger partial charge on any atom is 0.373 e. The van der Waals surface area contributed by atoms with Crippen LogP contribution in [0.15, 0.2) is 0 Å². The van der Waals surface area contributed by atoms with Crippen LogP contribution < -0.4 is 0 Å². The zero-order valence-electron chi connectivity index (χ0n) is 15.8. The van der Waals surface area contributed by atoms with Crippen LogP contribution in [0.3, 0.4) is 0 Å². The van der Waals surface area contributed by atoms with Gasteiger partial charge in [-0.2, -0.15) is 8.78 Å². The van der Waals surface area contributed by atoms with Crippen molar-refractivity contribution in [1.82, 2.24) is 0 Å². The summed E-state index contributed by atoms with van der Waals surface area (Å²) < 4.78 is 39.6. The number of carbonyl (C=O) groups excluding carboxylic acids is 1. The predicted octanol–water partition coefficient (Wildman–Crippen LogP) is 4.81. The molecule has 148 valence electrons. The topological polar surface area (TPSA) is 44.8 Å². The molecule has 2 rings (SSSR count). The summed E-state index contributed by atoms with van der Waals surface area (Å²) in [6, 6.07) is 0. The van der Waals surface area contributed by atoms with Crippen LogP contribution in [0.5, 0.6) is 0 Å². The summed E-state index contributed by atoms with van der Waals surface area (Å²) in [5, 5.41) is 0. The predicted molar refractivity (Wildman–Crippen MR) is 92.5 cm³/mol. The van der Waals surface area contributed by atoms with Crippen molar-refractivity contribution in [2.24, 2.45) is 17.8 Å². The lowest BCUT2D eigenvalue weighted by Gasteiger charge is -2.37. The molecule has 1 aliphatic carbocycles. The third-order valence-electron chi connectivity index (χ3n) is 5.06. The molecule has 0 aromatic rings. The Morgan fingerprint density at radius 2 is 1.68 bits per heavy atom. The molecule has 0 unspecified atom stereocenters. The van der Waals surface area contributed by atoms with Crippen molar-refractivity contribution in [3.8, 4) is 0 Å². The van der Waals surface area contributed by atoms with Gasteiger partial charge in [0.05, 0.1) is 13.2 Å². The van der Waals surface area contributed by atoms with E-state index >= 15 is 0 Å². The van der Waals surface area contributed by atoms with E-state index in [1.54, 1.807) is 0 Å². The van der Waals surface area contributed by atoms with Crippen LogP contribution in [-0.4, -0.2) is 38.5 Å². The van der Waals surface area contributed by atoms with Crippen molar-refractivity contribution in [1.29, 1.82) is 0 Å². The van der Waals surface area contributed by atoms with E-state index in [2.05, 4.69) is 11.7 Å². The van der Waals surface area contributed by atoms with E-state index < -0.39 is 18.7 Å². The molecule has 25 heavy (non-hydrogen) atoms. The minimum Gasteiger partial charge on any atom is -0.456 e. The van der Waals surface area contributed by atoms with Gasteiger partial charge in [0.15, 0.2) is 6.29 Å². The normalized spacial score (nSPS) is 29.7. The van der Waals surface area contributed by atoms with Gasteiger partial charge in [-0.15, -0.1) is 0 Å². The van der Waals surface area contributed by atoms with Gasteiger partial charge in [-0.05, 0) is 24.7 Å². The van der Waals surface area contributed by atoms with Crippen molar-refractivity contribution < 1.29 is 27.8 Å². The average Bonchev–Trinajstić information content (AvgIpc) is 2.67. The second-order valence-corrected chi connectivity index (χ2v) is 6.71. The van der Waals surface area contributed by atoms with Gasteiger partial charge in [0.1, 0.15) is 6.61 Å². The first kappa shape index (κ1) is 22.3. The number of hydrogen-bond acceptors (Lipinski definition) is 4. The molecule has 2 fully saturated rings. The number of carbonyl (C=O) groups is 1. The second kappa shape index (κ2) is 12.6. The molecule has 6 heteroatoms. The molecule has 4 nitrogen and oxygen atoms in total. The van der Waals surface area contributed by atoms with Gasteiger partial charge in [-0.1, -0.05) is 52.9 Å². The Balaban J connectivity index is 0.00000151. The van der Waals surface area contributed by atoms with Gasteiger partial charge in [0, 0.05) is 5.92 Å². The molecule has 0 aromatic carbocycles. The minimum atomic E-state index is -3.10. The molecule has 0 N–H and O–H groups in total. The summed E-state index contributed by atoms with van der Waals surface area (Å²) in [6.07, 6.45) is 5.13. The molecule has 2 aliphatic rings. The molecule has 0 spiro atoms. The number of ether oxygens (including phenoxy) is 3. The van der Waals surface area contributed by atoms with E-state index in [1.165, 1.54) is 44.9 Å². The highest BCUT2D eigenvalue weighted by molar-refractivity contribution is 5.72. The zero-order chi connectivity index (χ0) is 18.7. The molecule has 0 atom stereocenters. The van der Waals surface area contributed by atoms with Crippen molar-refractivity contribution in [3.63, 3.8) is 0 Å². The molecule has 1 saturated carbocycles. The lowest BCUT2D eigenvalue weighted by atomic mass is 9.75. The average molecular weight is 364 g/mol.